The fourth-order valence-electron chi connectivity index (χ4n) is 2.02. The number of hydrogen-bond acceptors (Lipinski definition) is 1. The third-order valence-electron chi connectivity index (χ3n) is 2.96. The van der Waals surface area contributed by atoms with Crippen molar-refractivity contribution in [1.82, 2.24) is 4.98 Å². The maximum absolute atomic E-state index is 5.37. The molecule has 0 atom stereocenters. The molecule has 0 bridgehead atoms. The Kier molecular flexibility index (Phi) is 2.02. The second kappa shape index (κ2) is 3.27. The molecule has 1 aromatic heterocycles. The molecule has 15 heavy (non-hydrogen) atoms. The fourth-order valence-corrected chi connectivity index (χ4v) is 2.85. The summed E-state index contributed by atoms with van der Waals surface area (Å²) in [6.07, 6.45) is 2.60. The minimum absolute atomic E-state index is 0.719. The van der Waals surface area contributed by atoms with E-state index in [2.05, 4.69) is 27.0 Å². The fraction of sp³-hybridized carbons (Fsp3) is 0.333. The maximum Gasteiger partial charge on any atom is 0.129 e. The Morgan fingerprint density at radius 1 is 1.40 bits per heavy atom. The van der Waals surface area contributed by atoms with Crippen molar-refractivity contribution in [3.63, 3.8) is 0 Å². The Balaban J connectivity index is 2.29. The molecule has 3 rings (SSSR count). The average molecular weight is 266 g/mol. The van der Waals surface area contributed by atoms with E-state index >= 15 is 0 Å². The van der Waals surface area contributed by atoms with E-state index in [9.17, 15) is 0 Å². The lowest BCUT2D eigenvalue weighted by molar-refractivity contribution is 0.419. The number of aromatic nitrogens is 1. The van der Waals surface area contributed by atoms with Gasteiger partial charge in [0.25, 0.3) is 0 Å². The molecule has 0 amide bonds. The summed E-state index contributed by atoms with van der Waals surface area (Å²) < 4.78 is 6.55. The molecule has 1 heterocycles. The van der Waals surface area contributed by atoms with E-state index in [0.29, 0.717) is 0 Å². The van der Waals surface area contributed by atoms with Crippen molar-refractivity contribution < 1.29 is 4.74 Å². The number of benzene rings is 1. The van der Waals surface area contributed by atoms with Crippen molar-refractivity contribution in [2.24, 2.45) is 0 Å². The molecule has 0 radical (unpaired) electrons. The topological polar surface area (TPSA) is 25.0 Å². The molecule has 78 valence electrons. The van der Waals surface area contributed by atoms with Gasteiger partial charge in [-0.3, -0.25) is 0 Å². The van der Waals surface area contributed by atoms with Gasteiger partial charge in [-0.25, -0.2) is 0 Å². The standard InChI is InChI=1S/C12H12BrNO/c1-15-9-4-2-3-8-10(9)11(13)12(14-8)7-5-6-7/h2-4,7,14H,5-6H2,1H3. The van der Waals surface area contributed by atoms with Gasteiger partial charge in [0, 0.05) is 11.6 Å². The van der Waals surface area contributed by atoms with Crippen LogP contribution in [-0.4, -0.2) is 12.1 Å². The lowest BCUT2D eigenvalue weighted by atomic mass is 10.2. The van der Waals surface area contributed by atoms with Gasteiger partial charge >= 0.3 is 0 Å². The zero-order valence-electron chi connectivity index (χ0n) is 8.51. The summed E-state index contributed by atoms with van der Waals surface area (Å²) in [4.78, 5) is 3.47. The normalized spacial score (nSPS) is 15.9. The Bertz CT molecular complexity index is 514. The number of nitrogens with one attached hydrogen (secondary N) is 1. The van der Waals surface area contributed by atoms with E-state index in [0.717, 1.165) is 17.2 Å². The zero-order valence-corrected chi connectivity index (χ0v) is 10.1. The highest BCUT2D eigenvalue weighted by molar-refractivity contribution is 9.10. The monoisotopic (exact) mass is 265 g/mol. The van der Waals surface area contributed by atoms with Crippen LogP contribution in [0.4, 0.5) is 0 Å². The summed E-state index contributed by atoms with van der Waals surface area (Å²) in [5.74, 6) is 1.65. The first-order valence-electron chi connectivity index (χ1n) is 5.15. The van der Waals surface area contributed by atoms with Gasteiger partial charge in [-0.1, -0.05) is 6.07 Å². The predicted octanol–water partition coefficient (Wildman–Crippen LogP) is 3.82. The summed E-state index contributed by atoms with van der Waals surface area (Å²) in [7, 11) is 1.71. The van der Waals surface area contributed by atoms with Gasteiger partial charge in [0.1, 0.15) is 5.75 Å². The van der Waals surface area contributed by atoms with Crippen molar-refractivity contribution in [3.05, 3.63) is 28.4 Å². The molecule has 1 saturated carbocycles. The predicted molar refractivity (Wildman–Crippen MR) is 64.5 cm³/mol. The Hall–Kier alpha value is -0.960. The van der Waals surface area contributed by atoms with Crippen LogP contribution >= 0.6 is 15.9 Å². The second-order valence-electron chi connectivity index (χ2n) is 4.01. The molecule has 1 aliphatic carbocycles. The highest BCUT2D eigenvalue weighted by atomic mass is 79.9. The number of aromatic amines is 1. The van der Waals surface area contributed by atoms with Crippen LogP contribution in [0.2, 0.25) is 0 Å². The molecular weight excluding hydrogens is 254 g/mol. The molecular formula is C12H12BrNO. The van der Waals surface area contributed by atoms with Crippen LogP contribution in [0.15, 0.2) is 22.7 Å². The van der Waals surface area contributed by atoms with Crippen LogP contribution in [0, 0.1) is 0 Å². The van der Waals surface area contributed by atoms with E-state index < -0.39 is 0 Å². The third-order valence-corrected chi connectivity index (χ3v) is 3.78. The van der Waals surface area contributed by atoms with Gasteiger partial charge in [-0.15, -0.1) is 0 Å². The van der Waals surface area contributed by atoms with Gasteiger partial charge in [-0.05, 0) is 40.9 Å². The number of rotatable bonds is 2. The van der Waals surface area contributed by atoms with Gasteiger partial charge in [-0.2, -0.15) is 0 Å². The Morgan fingerprint density at radius 3 is 2.87 bits per heavy atom. The molecule has 2 nitrogen and oxygen atoms in total. The number of halogens is 1. The molecule has 1 N–H and O–H groups in total. The van der Waals surface area contributed by atoms with Crippen molar-refractivity contribution in [2.45, 2.75) is 18.8 Å². The quantitative estimate of drug-likeness (QED) is 0.878. The molecule has 0 saturated heterocycles. The number of fused-ring (bicyclic) bond motifs is 1. The van der Waals surface area contributed by atoms with Gasteiger partial charge < -0.3 is 9.72 Å². The second-order valence-corrected chi connectivity index (χ2v) is 4.80. The number of H-pyrrole nitrogens is 1. The summed E-state index contributed by atoms with van der Waals surface area (Å²) in [6.45, 7) is 0. The summed E-state index contributed by atoms with van der Waals surface area (Å²) in [6, 6.07) is 6.10. The number of ether oxygens (including phenoxy) is 1. The number of methoxy groups -OCH3 is 1. The maximum atomic E-state index is 5.37. The average Bonchev–Trinajstić information content (AvgIpc) is 3.04. The minimum atomic E-state index is 0.719. The first-order chi connectivity index (χ1) is 7.31. The molecule has 3 heteroatoms. The summed E-state index contributed by atoms with van der Waals surface area (Å²) >= 11 is 3.67. The molecule has 1 aromatic carbocycles. The van der Waals surface area contributed by atoms with Crippen LogP contribution in [0.3, 0.4) is 0 Å². The van der Waals surface area contributed by atoms with E-state index in [4.69, 9.17) is 4.74 Å². The summed E-state index contributed by atoms with van der Waals surface area (Å²) in [5, 5.41) is 1.17. The lowest BCUT2D eigenvalue weighted by Gasteiger charge is -2.01. The van der Waals surface area contributed by atoms with Crippen LogP contribution in [0.25, 0.3) is 10.9 Å². The molecule has 0 unspecified atom stereocenters. The van der Waals surface area contributed by atoms with Gasteiger partial charge in [0.2, 0.25) is 0 Å². The Morgan fingerprint density at radius 2 is 2.20 bits per heavy atom. The van der Waals surface area contributed by atoms with Crippen LogP contribution in [0.1, 0.15) is 24.5 Å². The third kappa shape index (κ3) is 1.37. The molecule has 1 aliphatic rings. The SMILES string of the molecule is COc1cccc2[nH]c(C3CC3)c(Br)c12. The van der Waals surface area contributed by atoms with Crippen molar-refractivity contribution in [2.75, 3.05) is 7.11 Å². The lowest BCUT2D eigenvalue weighted by Crippen LogP contribution is -1.82. The largest absolute Gasteiger partial charge is 0.496 e. The van der Waals surface area contributed by atoms with Crippen molar-refractivity contribution >= 4 is 26.8 Å². The minimum Gasteiger partial charge on any atom is -0.496 e. The molecule has 0 aliphatic heterocycles. The van der Waals surface area contributed by atoms with Gasteiger partial charge in [0.15, 0.2) is 0 Å². The van der Waals surface area contributed by atoms with E-state index in [1.807, 2.05) is 12.1 Å². The van der Waals surface area contributed by atoms with Crippen LogP contribution < -0.4 is 4.74 Å². The first-order valence-corrected chi connectivity index (χ1v) is 5.94. The van der Waals surface area contributed by atoms with E-state index in [1.165, 1.54) is 28.4 Å². The summed E-state index contributed by atoms with van der Waals surface area (Å²) in [5.41, 5.74) is 2.48. The Labute approximate surface area is 96.8 Å². The molecule has 2 aromatic rings. The van der Waals surface area contributed by atoms with Crippen molar-refractivity contribution in [1.29, 1.82) is 0 Å². The van der Waals surface area contributed by atoms with E-state index in [-0.39, 0.29) is 0 Å². The van der Waals surface area contributed by atoms with Gasteiger partial charge in [0.05, 0.1) is 22.5 Å². The number of hydrogen-bond donors (Lipinski definition) is 1. The van der Waals surface area contributed by atoms with Crippen LogP contribution in [-0.2, 0) is 0 Å². The first kappa shape index (κ1) is 9.28. The molecule has 0 spiro atoms. The molecule has 1 fully saturated rings. The highest BCUT2D eigenvalue weighted by Gasteiger charge is 2.28. The van der Waals surface area contributed by atoms with Crippen molar-refractivity contribution in [3.8, 4) is 5.75 Å². The zero-order chi connectivity index (χ0) is 10.4. The van der Waals surface area contributed by atoms with E-state index in [1.54, 1.807) is 7.11 Å². The smallest absolute Gasteiger partial charge is 0.129 e. The highest BCUT2D eigenvalue weighted by Crippen LogP contribution is 2.46. The van der Waals surface area contributed by atoms with Crippen LogP contribution in [0.5, 0.6) is 5.75 Å².